The fourth-order valence-electron chi connectivity index (χ4n) is 3.79. The van der Waals surface area contributed by atoms with E-state index in [0.717, 1.165) is 10.9 Å². The third kappa shape index (κ3) is 4.85. The number of halogens is 1. The van der Waals surface area contributed by atoms with Crippen molar-refractivity contribution < 1.29 is 17.6 Å². The maximum atomic E-state index is 13.7. The smallest absolute Gasteiger partial charge is 0.261 e. The van der Waals surface area contributed by atoms with Crippen LogP contribution < -0.4 is 10.6 Å². The lowest BCUT2D eigenvalue weighted by molar-refractivity contribution is 0.0957. The van der Waals surface area contributed by atoms with Crippen molar-refractivity contribution in [1.29, 1.82) is 0 Å². The Bertz CT molecular complexity index is 1230. The molecule has 0 bridgehead atoms. The number of sulfone groups is 1. The second-order valence-electron chi connectivity index (χ2n) is 7.71. The molecular weight excluding hydrogens is 439 g/mol. The predicted molar refractivity (Wildman–Crippen MR) is 120 cm³/mol. The molecular formula is C21H23FN4O3S2. The van der Waals surface area contributed by atoms with E-state index in [1.165, 1.54) is 23.7 Å². The van der Waals surface area contributed by atoms with Gasteiger partial charge in [0.05, 0.1) is 21.8 Å². The van der Waals surface area contributed by atoms with Gasteiger partial charge >= 0.3 is 0 Å². The maximum absolute atomic E-state index is 13.7. The number of thiophene rings is 1. The number of fused-ring (bicyclic) bond motifs is 1. The molecule has 1 aromatic carbocycles. The molecule has 0 radical (unpaired) electrons. The average molecular weight is 463 g/mol. The largest absolute Gasteiger partial charge is 0.369 e. The lowest BCUT2D eigenvalue weighted by Gasteiger charge is -2.11. The predicted octanol–water partition coefficient (Wildman–Crippen LogP) is 2.96. The zero-order chi connectivity index (χ0) is 22.0. The van der Waals surface area contributed by atoms with Crippen molar-refractivity contribution in [3.8, 4) is 0 Å². The number of carbonyl (C=O) groups excluding carboxylic acids is 1. The first-order chi connectivity index (χ1) is 14.8. The molecule has 0 saturated carbocycles. The third-order valence-corrected chi connectivity index (χ3v) is 8.49. The summed E-state index contributed by atoms with van der Waals surface area (Å²) in [7, 11) is -2.94. The summed E-state index contributed by atoms with van der Waals surface area (Å²) in [6.07, 6.45) is 2.48. The van der Waals surface area contributed by atoms with Crippen molar-refractivity contribution in [2.75, 3.05) is 29.9 Å². The normalized spacial score (nSPS) is 17.7. The van der Waals surface area contributed by atoms with Crippen LogP contribution in [0.25, 0.3) is 10.2 Å². The Morgan fingerprint density at radius 2 is 2.10 bits per heavy atom. The van der Waals surface area contributed by atoms with Gasteiger partial charge in [-0.25, -0.2) is 22.8 Å². The minimum Gasteiger partial charge on any atom is -0.369 e. The van der Waals surface area contributed by atoms with E-state index in [2.05, 4.69) is 20.6 Å². The topological polar surface area (TPSA) is 101 Å². The zero-order valence-corrected chi connectivity index (χ0v) is 18.7. The Labute approximate surface area is 184 Å². The van der Waals surface area contributed by atoms with E-state index < -0.39 is 9.84 Å². The van der Waals surface area contributed by atoms with Crippen LogP contribution in [0.5, 0.6) is 0 Å². The lowest BCUT2D eigenvalue weighted by Crippen LogP contribution is -2.25. The molecule has 4 rings (SSSR count). The van der Waals surface area contributed by atoms with Gasteiger partial charge in [0.1, 0.15) is 22.8 Å². The van der Waals surface area contributed by atoms with Crippen LogP contribution in [-0.4, -0.2) is 48.9 Å². The Kier molecular flexibility index (Phi) is 6.19. The Hall–Kier alpha value is -2.59. The molecule has 2 aromatic heterocycles. The number of carbonyl (C=O) groups is 1. The summed E-state index contributed by atoms with van der Waals surface area (Å²) in [5.41, 5.74) is 1.33. The van der Waals surface area contributed by atoms with Crippen molar-refractivity contribution in [2.24, 2.45) is 5.92 Å². The Balaban J connectivity index is 1.45. The lowest BCUT2D eigenvalue weighted by atomic mass is 10.1. The Morgan fingerprint density at radius 3 is 2.84 bits per heavy atom. The van der Waals surface area contributed by atoms with Gasteiger partial charge in [-0.3, -0.25) is 4.79 Å². The number of hydrogen-bond acceptors (Lipinski definition) is 7. The number of anilines is 1. The molecule has 10 heteroatoms. The van der Waals surface area contributed by atoms with Gasteiger partial charge in [0.15, 0.2) is 9.84 Å². The molecule has 2 N–H and O–H groups in total. The first-order valence-electron chi connectivity index (χ1n) is 10.0. The molecule has 1 atom stereocenters. The van der Waals surface area contributed by atoms with Crippen LogP contribution in [0.3, 0.4) is 0 Å². The molecule has 7 nitrogen and oxygen atoms in total. The van der Waals surface area contributed by atoms with Gasteiger partial charge in [0, 0.05) is 13.1 Å². The zero-order valence-electron chi connectivity index (χ0n) is 17.0. The van der Waals surface area contributed by atoms with Crippen LogP contribution in [0, 0.1) is 18.7 Å². The molecule has 1 amide bonds. The average Bonchev–Trinajstić information content (AvgIpc) is 3.27. The van der Waals surface area contributed by atoms with Crippen LogP contribution in [0.1, 0.15) is 27.2 Å². The van der Waals surface area contributed by atoms with Gasteiger partial charge in [-0.05, 0) is 42.9 Å². The van der Waals surface area contributed by atoms with E-state index in [1.807, 2.05) is 6.92 Å². The first-order valence-corrected chi connectivity index (χ1v) is 12.7. The van der Waals surface area contributed by atoms with Gasteiger partial charge in [-0.1, -0.05) is 18.2 Å². The highest BCUT2D eigenvalue weighted by Crippen LogP contribution is 2.33. The van der Waals surface area contributed by atoms with Crippen molar-refractivity contribution in [3.05, 3.63) is 52.4 Å². The third-order valence-electron chi connectivity index (χ3n) is 5.46. The second kappa shape index (κ2) is 8.88. The number of amides is 1. The standard InChI is InChI=1S/C21H23FN4O3S2/c1-13-17-19(24-10-14-7-9-31(28,29)11-14)25-12-26-21(17)30-18(13)20(27)23-8-6-15-4-2-3-5-16(15)22/h2-5,12,14H,6-11H2,1H3,(H,23,27)(H,24,25,26)/t14-/m1/s1. The molecule has 164 valence electrons. The number of nitrogens with one attached hydrogen (secondary N) is 2. The molecule has 0 aliphatic carbocycles. The van der Waals surface area contributed by atoms with Gasteiger partial charge in [0.2, 0.25) is 0 Å². The molecule has 31 heavy (non-hydrogen) atoms. The summed E-state index contributed by atoms with van der Waals surface area (Å²) < 4.78 is 37.1. The van der Waals surface area contributed by atoms with Crippen LogP contribution in [0.2, 0.25) is 0 Å². The maximum Gasteiger partial charge on any atom is 0.261 e. The van der Waals surface area contributed by atoms with Crippen molar-refractivity contribution in [3.63, 3.8) is 0 Å². The molecule has 1 fully saturated rings. The highest BCUT2D eigenvalue weighted by Gasteiger charge is 2.28. The summed E-state index contributed by atoms with van der Waals surface area (Å²) in [5, 5.41) is 6.87. The molecule has 0 unspecified atom stereocenters. The first kappa shape index (κ1) is 21.6. The molecule has 3 aromatic rings. The minimum atomic E-state index is -2.94. The molecule has 1 aliphatic heterocycles. The van der Waals surface area contributed by atoms with Crippen LogP contribution in [-0.2, 0) is 16.3 Å². The van der Waals surface area contributed by atoms with E-state index in [4.69, 9.17) is 0 Å². The van der Waals surface area contributed by atoms with Gasteiger partial charge in [0.25, 0.3) is 5.91 Å². The number of aromatic nitrogens is 2. The molecule has 3 heterocycles. The summed E-state index contributed by atoms with van der Waals surface area (Å²) in [4.78, 5) is 22.6. The highest BCUT2D eigenvalue weighted by atomic mass is 32.2. The monoisotopic (exact) mass is 462 g/mol. The van der Waals surface area contributed by atoms with Crippen molar-refractivity contribution in [1.82, 2.24) is 15.3 Å². The van der Waals surface area contributed by atoms with Crippen LogP contribution in [0.15, 0.2) is 30.6 Å². The number of benzene rings is 1. The summed E-state index contributed by atoms with van der Waals surface area (Å²) in [5.74, 6) is 0.559. The summed E-state index contributed by atoms with van der Waals surface area (Å²) >= 11 is 1.28. The van der Waals surface area contributed by atoms with E-state index in [9.17, 15) is 17.6 Å². The molecule has 0 spiro atoms. The second-order valence-corrected chi connectivity index (χ2v) is 10.9. The number of hydrogen-bond donors (Lipinski definition) is 2. The quantitative estimate of drug-likeness (QED) is 0.560. The van der Waals surface area contributed by atoms with Gasteiger partial charge in [-0.15, -0.1) is 11.3 Å². The van der Waals surface area contributed by atoms with Crippen molar-refractivity contribution in [2.45, 2.75) is 19.8 Å². The fraction of sp³-hybridized carbons (Fsp3) is 0.381. The number of nitrogens with zero attached hydrogens (tertiary/aromatic N) is 2. The minimum absolute atomic E-state index is 0.0510. The van der Waals surface area contributed by atoms with Crippen LogP contribution in [0.4, 0.5) is 10.2 Å². The SMILES string of the molecule is Cc1c(C(=O)NCCc2ccccc2F)sc2ncnc(NC[C@H]3CCS(=O)(=O)C3)c12. The fourth-order valence-corrected chi connectivity index (χ4v) is 6.72. The number of aryl methyl sites for hydroxylation is 1. The van der Waals surface area contributed by atoms with E-state index in [1.54, 1.807) is 18.2 Å². The van der Waals surface area contributed by atoms with Gasteiger partial charge < -0.3 is 10.6 Å². The van der Waals surface area contributed by atoms with Crippen LogP contribution >= 0.6 is 11.3 Å². The van der Waals surface area contributed by atoms with Gasteiger partial charge in [-0.2, -0.15) is 0 Å². The van der Waals surface area contributed by atoms with E-state index in [0.29, 0.717) is 47.0 Å². The van der Waals surface area contributed by atoms with Crippen molar-refractivity contribution >= 4 is 43.1 Å². The summed E-state index contributed by atoms with van der Waals surface area (Å²) in [6.45, 7) is 2.67. The highest BCUT2D eigenvalue weighted by molar-refractivity contribution is 7.91. The number of rotatable bonds is 7. The Morgan fingerprint density at radius 1 is 1.29 bits per heavy atom. The summed E-state index contributed by atoms with van der Waals surface area (Å²) in [6, 6.07) is 6.51. The van der Waals surface area contributed by atoms with E-state index in [-0.39, 0.29) is 29.1 Å². The molecule has 1 aliphatic rings. The molecule has 1 saturated heterocycles. The van der Waals surface area contributed by atoms with E-state index >= 15 is 0 Å².